The number of ether oxygens (including phenoxy) is 1. The molecule has 186 valence electrons. The monoisotopic (exact) mass is 513 g/mol. The van der Waals surface area contributed by atoms with Gasteiger partial charge in [-0.2, -0.15) is 31.3 Å². The van der Waals surface area contributed by atoms with Crippen LogP contribution in [-0.4, -0.2) is 61.0 Å². The molecule has 15 heteroatoms. The number of amides is 1. The normalized spacial score (nSPS) is 23.5. The first kappa shape index (κ1) is 24.3. The molecule has 8 nitrogen and oxygen atoms in total. The number of piperidine rings is 1. The van der Waals surface area contributed by atoms with E-state index in [-0.39, 0.29) is 29.7 Å². The highest BCUT2D eigenvalue weighted by Crippen LogP contribution is 2.58. The van der Waals surface area contributed by atoms with Gasteiger partial charge in [0.15, 0.2) is 21.8 Å². The molecule has 2 heterocycles. The molecule has 0 spiro atoms. The minimum absolute atomic E-state index is 0.0616. The Morgan fingerprint density at radius 3 is 2.50 bits per heavy atom. The first-order valence-corrected chi connectivity index (χ1v) is 11.7. The fourth-order valence-corrected chi connectivity index (χ4v) is 4.61. The molecule has 34 heavy (non-hydrogen) atoms. The van der Waals surface area contributed by atoms with E-state index in [1.54, 1.807) is 0 Å². The van der Waals surface area contributed by atoms with Crippen LogP contribution in [0.4, 0.5) is 26.3 Å². The number of hydrogen-bond acceptors (Lipinski definition) is 7. The maximum Gasteiger partial charge on any atom is 0.471 e. The van der Waals surface area contributed by atoms with Crippen molar-refractivity contribution in [1.82, 2.24) is 15.0 Å². The molecule has 4 rings (SSSR count). The molecule has 1 amide bonds. The number of hydrogen-bond donors (Lipinski definition) is 0. The summed E-state index contributed by atoms with van der Waals surface area (Å²) in [4.78, 5) is 17.5. The first-order chi connectivity index (χ1) is 15.5. The van der Waals surface area contributed by atoms with Crippen LogP contribution in [-0.2, 0) is 21.4 Å². The Balaban J connectivity index is 1.63. The van der Waals surface area contributed by atoms with Crippen LogP contribution >= 0.6 is 0 Å². The van der Waals surface area contributed by atoms with Crippen LogP contribution in [0, 0.1) is 5.92 Å². The second-order valence-electron chi connectivity index (χ2n) is 8.40. The van der Waals surface area contributed by atoms with Crippen molar-refractivity contribution in [3.05, 3.63) is 35.5 Å². The lowest BCUT2D eigenvalue weighted by Crippen LogP contribution is -2.35. The number of halogens is 6. The van der Waals surface area contributed by atoms with Crippen LogP contribution in [0.2, 0.25) is 0 Å². The molecule has 1 saturated heterocycles. The van der Waals surface area contributed by atoms with Crippen molar-refractivity contribution in [2.45, 2.75) is 42.1 Å². The molecule has 2 aliphatic rings. The third-order valence-corrected chi connectivity index (χ3v) is 7.03. The van der Waals surface area contributed by atoms with Crippen LogP contribution in [0.1, 0.15) is 35.4 Å². The predicted molar refractivity (Wildman–Crippen MR) is 101 cm³/mol. The standard InChI is InChI=1S/C19H17F6N3O5S/c1-9(18(20,21)22)32-13-4-3-11(34(2,30)31)5-12(13)14(29)28-7-10-6-17(10,8-28)15-26-16(33-27-15)19(23,24)25/h3-5,9-10H,6-8H2,1-2H3/t9-,10?,17+/m1/s1. The van der Waals surface area contributed by atoms with E-state index >= 15 is 0 Å². The van der Waals surface area contributed by atoms with Crippen LogP contribution in [0.3, 0.4) is 0 Å². The molecule has 1 unspecified atom stereocenters. The summed E-state index contributed by atoms with van der Waals surface area (Å²) in [5, 5.41) is 3.40. The fraction of sp³-hybridized carbons (Fsp3) is 0.526. The number of carbonyl (C=O) groups is 1. The summed E-state index contributed by atoms with van der Waals surface area (Å²) in [6.45, 7) is 0.671. The molecule has 0 radical (unpaired) electrons. The van der Waals surface area contributed by atoms with E-state index in [1.807, 2.05) is 0 Å². The molecule has 3 atom stereocenters. The van der Waals surface area contributed by atoms with E-state index in [9.17, 15) is 39.6 Å². The Kier molecular flexibility index (Phi) is 5.42. The van der Waals surface area contributed by atoms with E-state index in [4.69, 9.17) is 4.74 Å². The third kappa shape index (κ3) is 4.32. The summed E-state index contributed by atoms with van der Waals surface area (Å²) in [5.74, 6) is -3.33. The zero-order valence-electron chi connectivity index (χ0n) is 17.6. The molecular formula is C19H17F6N3O5S. The quantitative estimate of drug-likeness (QED) is 0.566. The SMILES string of the molecule is C[C@@H](Oc1ccc(S(C)(=O)=O)cc1C(=O)N1CC2C[C@]2(c2noc(C(F)(F)F)n2)C1)C(F)(F)F. The van der Waals surface area contributed by atoms with Crippen molar-refractivity contribution >= 4 is 15.7 Å². The van der Waals surface area contributed by atoms with Crippen LogP contribution in [0.5, 0.6) is 5.75 Å². The summed E-state index contributed by atoms with van der Waals surface area (Å²) in [7, 11) is -3.81. The maximum atomic E-state index is 13.2. The van der Waals surface area contributed by atoms with Crippen molar-refractivity contribution in [3.63, 3.8) is 0 Å². The van der Waals surface area contributed by atoms with Gasteiger partial charge in [0.25, 0.3) is 5.91 Å². The van der Waals surface area contributed by atoms with E-state index in [1.165, 1.54) is 4.90 Å². The zero-order chi connectivity index (χ0) is 25.3. The number of sulfone groups is 1. The van der Waals surface area contributed by atoms with Crippen LogP contribution < -0.4 is 4.74 Å². The van der Waals surface area contributed by atoms with Crippen molar-refractivity contribution in [3.8, 4) is 5.75 Å². The Hall–Kier alpha value is -2.84. The number of rotatable bonds is 5. The van der Waals surface area contributed by atoms with Crippen LogP contribution in [0.15, 0.2) is 27.6 Å². The lowest BCUT2D eigenvalue weighted by molar-refractivity contribution is -0.189. The zero-order valence-corrected chi connectivity index (χ0v) is 18.4. The molecule has 2 fully saturated rings. The van der Waals surface area contributed by atoms with Crippen molar-refractivity contribution in [2.75, 3.05) is 19.3 Å². The Morgan fingerprint density at radius 1 is 1.26 bits per heavy atom. The van der Waals surface area contributed by atoms with Crippen molar-refractivity contribution in [1.29, 1.82) is 0 Å². The summed E-state index contributed by atoms with van der Waals surface area (Å²) in [6, 6.07) is 2.90. The van der Waals surface area contributed by atoms with E-state index in [0.29, 0.717) is 6.42 Å². The topological polar surface area (TPSA) is 103 Å². The van der Waals surface area contributed by atoms with Gasteiger partial charge >= 0.3 is 18.2 Å². The molecule has 0 bridgehead atoms. The fourth-order valence-electron chi connectivity index (χ4n) is 3.96. The van der Waals surface area contributed by atoms with E-state index < -0.39 is 56.8 Å². The molecule has 1 aliphatic heterocycles. The van der Waals surface area contributed by atoms with Gasteiger partial charge < -0.3 is 14.2 Å². The largest absolute Gasteiger partial charge is 0.480 e. The lowest BCUT2D eigenvalue weighted by Gasteiger charge is -2.24. The van der Waals surface area contributed by atoms with Gasteiger partial charge in [0, 0.05) is 19.3 Å². The Bertz CT molecular complexity index is 1240. The average Bonchev–Trinajstić information content (AvgIpc) is 3.07. The number of nitrogens with zero attached hydrogens (tertiary/aromatic N) is 3. The van der Waals surface area contributed by atoms with Gasteiger partial charge in [0.05, 0.1) is 15.9 Å². The Labute approximate surface area is 188 Å². The molecule has 0 N–H and O–H groups in total. The second-order valence-corrected chi connectivity index (χ2v) is 10.4. The third-order valence-electron chi connectivity index (χ3n) is 5.92. The minimum atomic E-state index is -4.84. The molecule has 2 aromatic rings. The highest BCUT2D eigenvalue weighted by atomic mass is 32.2. The molecule has 1 saturated carbocycles. The first-order valence-electron chi connectivity index (χ1n) is 9.80. The van der Waals surface area contributed by atoms with Crippen LogP contribution in [0.25, 0.3) is 0 Å². The summed E-state index contributed by atoms with van der Waals surface area (Å²) in [6.07, 6.45) is -10.6. The molecular weight excluding hydrogens is 496 g/mol. The highest BCUT2D eigenvalue weighted by molar-refractivity contribution is 7.90. The van der Waals surface area contributed by atoms with Gasteiger partial charge in [-0.1, -0.05) is 5.16 Å². The maximum absolute atomic E-state index is 13.2. The summed E-state index contributed by atoms with van der Waals surface area (Å²) >= 11 is 0. The molecule has 1 aromatic carbocycles. The van der Waals surface area contributed by atoms with Gasteiger partial charge in [-0.05, 0) is 37.5 Å². The molecule has 1 aliphatic carbocycles. The number of alkyl halides is 6. The van der Waals surface area contributed by atoms with E-state index in [0.717, 1.165) is 31.4 Å². The smallest absolute Gasteiger partial charge is 0.471 e. The van der Waals surface area contributed by atoms with Gasteiger partial charge in [0.1, 0.15) is 5.75 Å². The minimum Gasteiger partial charge on any atom is -0.480 e. The number of carbonyl (C=O) groups excluding carboxylic acids is 1. The second kappa shape index (κ2) is 7.58. The lowest BCUT2D eigenvalue weighted by atomic mass is 10.1. The summed E-state index contributed by atoms with van der Waals surface area (Å²) < 4.78 is 111. The Morgan fingerprint density at radius 2 is 1.94 bits per heavy atom. The highest BCUT2D eigenvalue weighted by Gasteiger charge is 2.65. The van der Waals surface area contributed by atoms with E-state index in [2.05, 4.69) is 14.7 Å². The van der Waals surface area contributed by atoms with Crippen molar-refractivity contribution < 1.29 is 48.8 Å². The number of likely N-dealkylation sites (tertiary alicyclic amines) is 1. The van der Waals surface area contributed by atoms with Gasteiger partial charge in [-0.15, -0.1) is 0 Å². The summed E-state index contributed by atoms with van der Waals surface area (Å²) in [5.41, 5.74) is -1.39. The van der Waals surface area contributed by atoms with Gasteiger partial charge in [0.2, 0.25) is 0 Å². The van der Waals surface area contributed by atoms with Gasteiger partial charge in [-0.3, -0.25) is 4.79 Å². The molecule has 1 aromatic heterocycles. The average molecular weight is 513 g/mol. The predicted octanol–water partition coefficient (Wildman–Crippen LogP) is 3.24. The van der Waals surface area contributed by atoms with Gasteiger partial charge in [-0.25, -0.2) is 8.42 Å². The number of aromatic nitrogens is 2. The number of benzene rings is 1. The number of fused-ring (bicyclic) bond motifs is 1. The van der Waals surface area contributed by atoms with Crippen molar-refractivity contribution in [2.24, 2.45) is 5.92 Å².